The van der Waals surface area contributed by atoms with Gasteiger partial charge < -0.3 is 10.1 Å². The molecule has 0 aliphatic carbocycles. The fraction of sp³-hybridized carbons (Fsp3) is 0.0357. The predicted octanol–water partition coefficient (Wildman–Crippen LogP) is 7.26. The largest absolute Gasteiger partial charge is 0.457 e. The number of para-hydroxylation sites is 2. The molecule has 0 saturated carbocycles. The van der Waals surface area contributed by atoms with Crippen molar-refractivity contribution in [3.63, 3.8) is 0 Å². The van der Waals surface area contributed by atoms with Crippen LogP contribution in [0.15, 0.2) is 114 Å². The standard InChI is InChI=1S/C28H21BrN4O2S/c29-25-14-8-7-13-24(25)27-31-32(28(36)33(27)21-9-3-1-4-10-21)19-26(34)30-20-15-17-23(18-16-20)35-22-11-5-2-6-12-22/h1-18H,19H2,(H,30,34). The molecule has 6 nitrogen and oxygen atoms in total. The van der Waals surface area contributed by atoms with Crippen LogP contribution in [0.1, 0.15) is 0 Å². The highest BCUT2D eigenvalue weighted by molar-refractivity contribution is 9.10. The number of rotatable bonds is 7. The van der Waals surface area contributed by atoms with Crippen LogP contribution in [0, 0.1) is 4.77 Å². The number of carbonyl (C=O) groups excluding carboxylic acids is 1. The third-order valence-corrected chi connectivity index (χ3v) is 6.46. The molecular weight excluding hydrogens is 536 g/mol. The Hall–Kier alpha value is -4.01. The van der Waals surface area contributed by atoms with E-state index in [4.69, 9.17) is 22.1 Å². The van der Waals surface area contributed by atoms with Crippen LogP contribution in [-0.2, 0) is 11.3 Å². The van der Waals surface area contributed by atoms with Crippen molar-refractivity contribution in [3.8, 4) is 28.6 Å². The van der Waals surface area contributed by atoms with Gasteiger partial charge in [-0.1, -0.05) is 70.5 Å². The van der Waals surface area contributed by atoms with Gasteiger partial charge in [0.25, 0.3) is 0 Å². The minimum absolute atomic E-state index is 0.0294. The van der Waals surface area contributed by atoms with Gasteiger partial charge in [0, 0.05) is 21.4 Å². The van der Waals surface area contributed by atoms with E-state index in [1.807, 2.05) is 102 Å². The fourth-order valence-electron chi connectivity index (χ4n) is 3.70. The van der Waals surface area contributed by atoms with Gasteiger partial charge in [0.15, 0.2) is 5.82 Å². The van der Waals surface area contributed by atoms with Crippen molar-refractivity contribution in [3.05, 3.63) is 118 Å². The summed E-state index contributed by atoms with van der Waals surface area (Å²) in [5, 5.41) is 7.63. The van der Waals surface area contributed by atoms with Gasteiger partial charge in [-0.25, -0.2) is 4.68 Å². The number of carbonyl (C=O) groups is 1. The topological polar surface area (TPSA) is 61.1 Å². The highest BCUT2D eigenvalue weighted by atomic mass is 79.9. The van der Waals surface area contributed by atoms with Gasteiger partial charge in [0.1, 0.15) is 18.0 Å². The molecule has 36 heavy (non-hydrogen) atoms. The van der Waals surface area contributed by atoms with E-state index in [1.54, 1.807) is 16.8 Å². The Morgan fingerprint density at radius 2 is 1.44 bits per heavy atom. The number of anilines is 1. The fourth-order valence-corrected chi connectivity index (χ4v) is 4.46. The van der Waals surface area contributed by atoms with E-state index in [1.165, 1.54) is 0 Å². The van der Waals surface area contributed by atoms with E-state index in [2.05, 4.69) is 21.2 Å². The Kier molecular flexibility index (Phi) is 7.06. The Balaban J connectivity index is 1.37. The monoisotopic (exact) mass is 556 g/mol. The molecule has 178 valence electrons. The third-order valence-electron chi connectivity index (χ3n) is 5.38. The van der Waals surface area contributed by atoms with Crippen molar-refractivity contribution in [1.29, 1.82) is 0 Å². The number of hydrogen-bond acceptors (Lipinski definition) is 4. The van der Waals surface area contributed by atoms with Crippen molar-refractivity contribution in [1.82, 2.24) is 14.3 Å². The third kappa shape index (κ3) is 5.30. The first-order valence-corrected chi connectivity index (χ1v) is 12.4. The van der Waals surface area contributed by atoms with E-state index in [-0.39, 0.29) is 12.5 Å². The lowest BCUT2D eigenvalue weighted by Gasteiger charge is -2.08. The Labute approximate surface area is 221 Å². The zero-order valence-electron chi connectivity index (χ0n) is 19.0. The molecule has 5 rings (SSSR count). The summed E-state index contributed by atoms with van der Waals surface area (Å²) in [7, 11) is 0. The number of ether oxygens (including phenoxy) is 1. The number of amides is 1. The first kappa shape index (κ1) is 23.7. The van der Waals surface area contributed by atoms with E-state index in [0.29, 0.717) is 22.0 Å². The predicted molar refractivity (Wildman–Crippen MR) is 147 cm³/mol. The number of hydrogen-bond donors (Lipinski definition) is 1. The molecule has 0 unspecified atom stereocenters. The van der Waals surface area contributed by atoms with Crippen LogP contribution in [0.2, 0.25) is 0 Å². The molecule has 0 bridgehead atoms. The number of benzene rings is 4. The Morgan fingerprint density at radius 3 is 2.14 bits per heavy atom. The van der Waals surface area contributed by atoms with Crippen LogP contribution in [0.4, 0.5) is 5.69 Å². The molecule has 1 heterocycles. The molecule has 1 aromatic heterocycles. The summed E-state index contributed by atoms with van der Waals surface area (Å²) >= 11 is 9.36. The van der Waals surface area contributed by atoms with Gasteiger partial charge in [0.05, 0.1) is 0 Å². The summed E-state index contributed by atoms with van der Waals surface area (Å²) < 4.78 is 10.5. The number of halogens is 1. The average molecular weight is 557 g/mol. The van der Waals surface area contributed by atoms with Gasteiger partial charge >= 0.3 is 0 Å². The van der Waals surface area contributed by atoms with Crippen LogP contribution in [0.5, 0.6) is 11.5 Å². The molecule has 4 aromatic carbocycles. The van der Waals surface area contributed by atoms with Gasteiger partial charge in [-0.15, -0.1) is 0 Å². The molecule has 0 saturated heterocycles. The average Bonchev–Trinajstić information content (AvgIpc) is 3.22. The smallest absolute Gasteiger partial charge is 0.246 e. The van der Waals surface area contributed by atoms with E-state index >= 15 is 0 Å². The van der Waals surface area contributed by atoms with Crippen LogP contribution >= 0.6 is 28.1 Å². The zero-order chi connectivity index (χ0) is 24.9. The molecule has 0 fully saturated rings. The zero-order valence-corrected chi connectivity index (χ0v) is 21.4. The first-order chi connectivity index (χ1) is 17.6. The van der Waals surface area contributed by atoms with Crippen molar-refractivity contribution in [2.24, 2.45) is 0 Å². The Morgan fingerprint density at radius 1 is 0.833 bits per heavy atom. The first-order valence-electron chi connectivity index (χ1n) is 11.2. The normalized spacial score (nSPS) is 10.7. The maximum absolute atomic E-state index is 12.9. The van der Waals surface area contributed by atoms with Crippen molar-refractivity contribution < 1.29 is 9.53 Å². The SMILES string of the molecule is O=C(Cn1nc(-c2ccccc2Br)n(-c2ccccc2)c1=S)Nc1ccc(Oc2ccccc2)cc1. The van der Waals surface area contributed by atoms with Crippen molar-refractivity contribution in [2.45, 2.75) is 6.54 Å². The second-order valence-electron chi connectivity index (χ2n) is 7.90. The van der Waals surface area contributed by atoms with Crippen molar-refractivity contribution in [2.75, 3.05) is 5.32 Å². The van der Waals surface area contributed by atoms with Gasteiger partial charge in [-0.05, 0) is 66.8 Å². The number of nitrogens with one attached hydrogen (secondary N) is 1. The summed E-state index contributed by atoms with van der Waals surface area (Å²) in [6.45, 7) is -0.0294. The van der Waals surface area contributed by atoms with Crippen LogP contribution < -0.4 is 10.1 Å². The van der Waals surface area contributed by atoms with Crippen molar-refractivity contribution >= 4 is 39.7 Å². The molecule has 1 N–H and O–H groups in total. The van der Waals surface area contributed by atoms with Crippen LogP contribution in [-0.4, -0.2) is 20.3 Å². The van der Waals surface area contributed by atoms with Crippen LogP contribution in [0.25, 0.3) is 17.1 Å². The summed E-state index contributed by atoms with van der Waals surface area (Å²) in [4.78, 5) is 12.9. The molecule has 0 spiro atoms. The van der Waals surface area contributed by atoms with Gasteiger partial charge in [-0.2, -0.15) is 5.10 Å². The molecular formula is C28H21BrN4O2S. The lowest BCUT2D eigenvalue weighted by molar-refractivity contribution is -0.116. The Bertz CT molecular complexity index is 1550. The van der Waals surface area contributed by atoms with Gasteiger partial charge in [0.2, 0.25) is 10.7 Å². The molecule has 0 radical (unpaired) electrons. The number of nitrogens with zero attached hydrogens (tertiary/aromatic N) is 3. The second kappa shape index (κ2) is 10.7. The molecule has 8 heteroatoms. The molecule has 5 aromatic rings. The molecule has 1 amide bonds. The molecule has 0 aliphatic heterocycles. The minimum Gasteiger partial charge on any atom is -0.457 e. The lowest BCUT2D eigenvalue weighted by atomic mass is 10.2. The lowest BCUT2D eigenvalue weighted by Crippen LogP contribution is -2.19. The number of aromatic nitrogens is 3. The quantitative estimate of drug-likeness (QED) is 0.214. The summed E-state index contributed by atoms with van der Waals surface area (Å²) in [5.74, 6) is 1.84. The highest BCUT2D eigenvalue weighted by Gasteiger charge is 2.18. The van der Waals surface area contributed by atoms with E-state index < -0.39 is 0 Å². The minimum atomic E-state index is -0.237. The summed E-state index contributed by atoms with van der Waals surface area (Å²) in [6, 6.07) is 34.3. The highest BCUT2D eigenvalue weighted by Crippen LogP contribution is 2.29. The summed E-state index contributed by atoms with van der Waals surface area (Å²) in [6.07, 6.45) is 0. The molecule has 0 aliphatic rings. The maximum Gasteiger partial charge on any atom is 0.246 e. The van der Waals surface area contributed by atoms with E-state index in [9.17, 15) is 4.79 Å². The van der Waals surface area contributed by atoms with E-state index in [0.717, 1.165) is 21.5 Å². The van der Waals surface area contributed by atoms with Crippen LogP contribution in [0.3, 0.4) is 0 Å². The molecule has 0 atom stereocenters. The van der Waals surface area contributed by atoms with Gasteiger partial charge in [-0.3, -0.25) is 9.36 Å². The maximum atomic E-state index is 12.9. The summed E-state index contributed by atoms with van der Waals surface area (Å²) in [5.41, 5.74) is 2.40. The second-order valence-corrected chi connectivity index (χ2v) is 9.12.